The largest absolute Gasteiger partial charge is 0.388 e. The maximum absolute atomic E-state index is 10.3. The minimum absolute atomic E-state index is 0.110. The quantitative estimate of drug-likeness (QED) is 0.740. The van der Waals surface area contributed by atoms with Gasteiger partial charge in [-0.2, -0.15) is 0 Å². The lowest BCUT2D eigenvalue weighted by molar-refractivity contribution is -0.0707. The summed E-state index contributed by atoms with van der Waals surface area (Å²) in [5.41, 5.74) is 0.904. The summed E-state index contributed by atoms with van der Waals surface area (Å²) in [5, 5.41) is 30.4. The Labute approximate surface area is 167 Å². The number of benzene rings is 1. The molecule has 1 aliphatic heterocycles. The molecule has 28 heavy (non-hydrogen) atoms. The van der Waals surface area contributed by atoms with Gasteiger partial charge in [0.2, 0.25) is 0 Å². The third-order valence-corrected chi connectivity index (χ3v) is 5.90. The Morgan fingerprint density at radius 2 is 1.54 bits per heavy atom. The molecule has 1 aromatic rings. The number of aliphatic hydroxyl groups excluding tert-OH is 2. The third kappa shape index (κ3) is 4.81. The first-order valence-electron chi connectivity index (χ1n) is 9.96. The maximum Gasteiger partial charge on any atom is 0.101 e. The van der Waals surface area contributed by atoms with Crippen molar-refractivity contribution < 1.29 is 20.1 Å². The van der Waals surface area contributed by atoms with Crippen molar-refractivity contribution in [3.63, 3.8) is 0 Å². The van der Waals surface area contributed by atoms with E-state index in [1.807, 2.05) is 19.1 Å². The maximum atomic E-state index is 10.3. The normalized spacial score (nSPS) is 39.0. The molecular formula is C24H32O4. The molecule has 0 aromatic heterocycles. The van der Waals surface area contributed by atoms with Crippen molar-refractivity contribution >= 4 is 6.08 Å². The van der Waals surface area contributed by atoms with E-state index in [1.54, 1.807) is 0 Å². The first kappa shape index (κ1) is 21.0. The summed E-state index contributed by atoms with van der Waals surface area (Å²) in [5.74, 6) is 0. The molecule has 1 heterocycles. The number of rotatable bonds is 4. The van der Waals surface area contributed by atoms with Gasteiger partial charge in [0.1, 0.15) is 6.10 Å². The third-order valence-electron chi connectivity index (χ3n) is 5.90. The molecule has 1 aliphatic carbocycles. The molecule has 3 rings (SSSR count). The number of hydrogen-bond donors (Lipinski definition) is 3. The van der Waals surface area contributed by atoms with E-state index >= 15 is 0 Å². The van der Waals surface area contributed by atoms with Crippen molar-refractivity contribution in [1.82, 2.24) is 0 Å². The van der Waals surface area contributed by atoms with Gasteiger partial charge in [-0.1, -0.05) is 54.1 Å². The molecule has 0 unspecified atom stereocenters. The van der Waals surface area contributed by atoms with E-state index in [0.717, 1.165) is 18.4 Å². The molecule has 4 heteroatoms. The molecule has 5 atom stereocenters. The second kappa shape index (κ2) is 7.60. The van der Waals surface area contributed by atoms with E-state index in [9.17, 15) is 15.3 Å². The topological polar surface area (TPSA) is 69.9 Å². The fourth-order valence-corrected chi connectivity index (χ4v) is 3.86. The fourth-order valence-electron chi connectivity index (χ4n) is 3.86. The highest BCUT2D eigenvalue weighted by Crippen LogP contribution is 2.40. The molecule has 2 aliphatic rings. The van der Waals surface area contributed by atoms with Crippen LogP contribution in [0.25, 0.3) is 6.08 Å². The van der Waals surface area contributed by atoms with Crippen molar-refractivity contribution in [2.45, 2.75) is 76.0 Å². The van der Waals surface area contributed by atoms with Crippen molar-refractivity contribution in [3.05, 3.63) is 65.3 Å². The molecule has 0 spiro atoms. The first-order chi connectivity index (χ1) is 13.0. The van der Waals surface area contributed by atoms with Gasteiger partial charge in [0.15, 0.2) is 0 Å². The van der Waals surface area contributed by atoms with Gasteiger partial charge in [-0.3, -0.25) is 0 Å². The van der Waals surface area contributed by atoms with Crippen LogP contribution in [0.1, 0.15) is 51.2 Å². The molecule has 1 fully saturated rings. The zero-order chi connectivity index (χ0) is 20.6. The number of aliphatic hydroxyl groups is 3. The van der Waals surface area contributed by atoms with Gasteiger partial charge in [0.05, 0.1) is 22.9 Å². The van der Waals surface area contributed by atoms with Gasteiger partial charge in [-0.25, -0.2) is 0 Å². The Balaban J connectivity index is 1.69. The van der Waals surface area contributed by atoms with Crippen LogP contribution in [0.3, 0.4) is 0 Å². The summed E-state index contributed by atoms with van der Waals surface area (Å²) in [6, 6.07) is 8.39. The number of aryl methyl sites for hydroxylation is 1. The van der Waals surface area contributed by atoms with E-state index in [0.29, 0.717) is 5.57 Å². The lowest BCUT2D eigenvalue weighted by Crippen LogP contribution is -2.45. The molecule has 3 N–H and O–H groups in total. The summed E-state index contributed by atoms with van der Waals surface area (Å²) < 4.78 is 6.38. The van der Waals surface area contributed by atoms with E-state index in [4.69, 9.17) is 4.74 Å². The first-order valence-corrected chi connectivity index (χ1v) is 9.96. The second-order valence-corrected chi connectivity index (χ2v) is 8.99. The highest BCUT2D eigenvalue weighted by atomic mass is 16.5. The standard InChI is InChI=1S/C24H32O4/c1-17-5-7-18(8-6-17)9-11-22(2)13-14-23(3,28-22)12-10-19-15-21(26)24(4,27)16-20(19)25/h5-12,15,20-21,25-27H,13-14,16H2,1-4H3/b11-9+,12-10+/t20-,21-,22-,23-,24+/m0/s1. The summed E-state index contributed by atoms with van der Waals surface area (Å²) >= 11 is 0. The predicted molar refractivity (Wildman–Crippen MR) is 112 cm³/mol. The Hall–Kier alpha value is -1.72. The lowest BCUT2D eigenvalue weighted by Gasteiger charge is -2.35. The molecule has 1 aromatic carbocycles. The van der Waals surface area contributed by atoms with Crippen LogP contribution in [-0.4, -0.2) is 44.3 Å². The smallest absolute Gasteiger partial charge is 0.101 e. The molecular weight excluding hydrogens is 352 g/mol. The van der Waals surface area contributed by atoms with E-state index in [-0.39, 0.29) is 12.0 Å². The van der Waals surface area contributed by atoms with Crippen LogP contribution in [0, 0.1) is 6.92 Å². The molecule has 0 radical (unpaired) electrons. The van der Waals surface area contributed by atoms with E-state index in [2.05, 4.69) is 50.3 Å². The van der Waals surface area contributed by atoms with Crippen LogP contribution in [0.15, 0.2) is 54.1 Å². The van der Waals surface area contributed by atoms with Crippen molar-refractivity contribution in [2.24, 2.45) is 0 Å². The summed E-state index contributed by atoms with van der Waals surface area (Å²) in [4.78, 5) is 0. The number of hydrogen-bond acceptors (Lipinski definition) is 4. The molecule has 0 saturated carbocycles. The highest BCUT2D eigenvalue weighted by molar-refractivity contribution is 5.51. The van der Waals surface area contributed by atoms with Crippen molar-refractivity contribution in [2.75, 3.05) is 0 Å². The highest BCUT2D eigenvalue weighted by Gasteiger charge is 2.41. The van der Waals surface area contributed by atoms with Crippen LogP contribution in [0.4, 0.5) is 0 Å². The average molecular weight is 385 g/mol. The Kier molecular flexibility index (Phi) is 5.70. The fraction of sp³-hybridized carbons (Fsp3) is 0.500. The Bertz CT molecular complexity index is 789. The van der Waals surface area contributed by atoms with Gasteiger partial charge >= 0.3 is 0 Å². The molecule has 4 nitrogen and oxygen atoms in total. The van der Waals surface area contributed by atoms with Crippen molar-refractivity contribution in [3.8, 4) is 0 Å². The van der Waals surface area contributed by atoms with Crippen LogP contribution in [0.2, 0.25) is 0 Å². The second-order valence-electron chi connectivity index (χ2n) is 8.99. The van der Waals surface area contributed by atoms with Crippen molar-refractivity contribution in [1.29, 1.82) is 0 Å². The minimum atomic E-state index is -1.30. The van der Waals surface area contributed by atoms with Crippen LogP contribution < -0.4 is 0 Å². The molecule has 1 saturated heterocycles. The van der Waals surface area contributed by atoms with Crippen LogP contribution in [0.5, 0.6) is 0 Å². The minimum Gasteiger partial charge on any atom is -0.388 e. The molecule has 152 valence electrons. The van der Waals surface area contributed by atoms with Gasteiger partial charge in [-0.05, 0) is 57.7 Å². The molecule has 0 bridgehead atoms. The summed E-state index contributed by atoms with van der Waals surface area (Å²) in [6.45, 7) is 7.74. The SMILES string of the molecule is Cc1ccc(/C=C/[C@@]2(C)CC[C@](C)(/C=C/C3=C[C@H](O)[C@](C)(O)C[C@@H]3O)O2)cc1. The van der Waals surface area contributed by atoms with E-state index < -0.39 is 23.4 Å². The number of ether oxygens (including phenoxy) is 1. The Morgan fingerprint density at radius 3 is 2.14 bits per heavy atom. The monoisotopic (exact) mass is 384 g/mol. The molecule has 0 amide bonds. The zero-order valence-corrected chi connectivity index (χ0v) is 17.2. The van der Waals surface area contributed by atoms with Gasteiger partial charge < -0.3 is 20.1 Å². The lowest BCUT2D eigenvalue weighted by atomic mass is 9.82. The summed E-state index contributed by atoms with van der Waals surface area (Å²) in [6.07, 6.45) is 9.60. The van der Waals surface area contributed by atoms with Crippen LogP contribution in [-0.2, 0) is 4.74 Å². The van der Waals surface area contributed by atoms with Crippen LogP contribution >= 0.6 is 0 Å². The van der Waals surface area contributed by atoms with Gasteiger partial charge in [0.25, 0.3) is 0 Å². The Morgan fingerprint density at radius 1 is 0.964 bits per heavy atom. The average Bonchev–Trinajstić information content (AvgIpc) is 2.92. The van der Waals surface area contributed by atoms with E-state index in [1.165, 1.54) is 18.6 Å². The van der Waals surface area contributed by atoms with Gasteiger partial charge in [0, 0.05) is 6.42 Å². The van der Waals surface area contributed by atoms with Gasteiger partial charge in [-0.15, -0.1) is 0 Å². The predicted octanol–water partition coefficient (Wildman–Crippen LogP) is 3.70. The summed E-state index contributed by atoms with van der Waals surface area (Å²) in [7, 11) is 0. The zero-order valence-electron chi connectivity index (χ0n) is 17.2.